The zero-order chi connectivity index (χ0) is 56.4. The number of rotatable bonds is 57. The lowest BCUT2D eigenvalue weighted by Crippen LogP contribution is -2.30. The van der Waals surface area contributed by atoms with Gasteiger partial charge in [0.25, 0.3) is 0 Å². The number of ether oxygens (including phenoxy) is 4. The largest absolute Gasteiger partial charge is 0.472 e. The van der Waals surface area contributed by atoms with Gasteiger partial charge in [-0.1, -0.05) is 227 Å². The maximum absolute atomic E-state index is 12.9. The van der Waals surface area contributed by atoms with Crippen LogP contribution in [-0.4, -0.2) is 96.7 Å². The van der Waals surface area contributed by atoms with E-state index in [9.17, 15) is 43.2 Å². The second-order valence-corrected chi connectivity index (χ2v) is 24.1. The molecule has 0 fully saturated rings. The predicted octanol–water partition coefficient (Wildman–Crippen LogP) is 15.1. The zero-order valence-electron chi connectivity index (χ0n) is 48.4. The Labute approximate surface area is 460 Å². The van der Waals surface area contributed by atoms with Crippen molar-refractivity contribution in [1.82, 2.24) is 0 Å². The SMILES string of the molecule is CCCCCCCCCCCCC(=O)OC[C@H](COP(=O)(O)OC[C@@H](O)COP(=O)(O)OC[C@@H](COC(=O)CCCCCCC)OC(=O)CCCCCCCCCCCC)OC(=O)CCCCCCCCCCC(C)C. The van der Waals surface area contributed by atoms with Crippen LogP contribution in [0.25, 0.3) is 0 Å². The van der Waals surface area contributed by atoms with Gasteiger partial charge in [-0.05, 0) is 31.6 Å². The summed E-state index contributed by atoms with van der Waals surface area (Å²) in [6, 6.07) is 0. The van der Waals surface area contributed by atoms with E-state index in [0.717, 1.165) is 102 Å². The lowest BCUT2D eigenvalue weighted by Gasteiger charge is -2.21. The van der Waals surface area contributed by atoms with E-state index in [2.05, 4.69) is 34.6 Å². The van der Waals surface area contributed by atoms with Crippen LogP contribution in [-0.2, 0) is 65.4 Å². The number of carbonyl (C=O) groups is 4. The van der Waals surface area contributed by atoms with Gasteiger partial charge in [0.05, 0.1) is 26.4 Å². The van der Waals surface area contributed by atoms with Gasteiger partial charge in [-0.25, -0.2) is 9.13 Å². The van der Waals surface area contributed by atoms with E-state index in [0.29, 0.717) is 25.7 Å². The monoisotopic (exact) mass is 1130 g/mol. The van der Waals surface area contributed by atoms with E-state index >= 15 is 0 Å². The molecule has 2 unspecified atom stereocenters. The number of phosphoric acid groups is 2. The van der Waals surface area contributed by atoms with Crippen molar-refractivity contribution in [3.63, 3.8) is 0 Å². The molecule has 450 valence electrons. The molecule has 0 radical (unpaired) electrons. The van der Waals surface area contributed by atoms with E-state index < -0.39 is 97.5 Å². The Kier molecular flexibility index (Phi) is 49.9. The van der Waals surface area contributed by atoms with Crippen LogP contribution in [0.3, 0.4) is 0 Å². The van der Waals surface area contributed by atoms with E-state index in [4.69, 9.17) is 37.0 Å². The van der Waals surface area contributed by atoms with Crippen LogP contribution in [0.2, 0.25) is 0 Å². The molecule has 0 aromatic heterocycles. The number of unbranched alkanes of at least 4 members (excludes halogenated alkanes) is 29. The molecular formula is C57H110O17P2. The Hall–Kier alpha value is -1.94. The summed E-state index contributed by atoms with van der Waals surface area (Å²) in [6.45, 7) is 6.99. The maximum atomic E-state index is 12.9. The van der Waals surface area contributed by atoms with E-state index in [-0.39, 0.29) is 25.7 Å². The Bertz CT molecular complexity index is 1500. The highest BCUT2D eigenvalue weighted by atomic mass is 31.2. The van der Waals surface area contributed by atoms with Gasteiger partial charge in [0.1, 0.15) is 19.3 Å². The molecule has 0 rings (SSSR count). The van der Waals surface area contributed by atoms with Crippen LogP contribution >= 0.6 is 15.6 Å². The number of esters is 4. The van der Waals surface area contributed by atoms with Gasteiger partial charge in [0.2, 0.25) is 0 Å². The maximum Gasteiger partial charge on any atom is 0.472 e. The summed E-state index contributed by atoms with van der Waals surface area (Å²) in [6.07, 6.45) is 32.4. The highest BCUT2D eigenvalue weighted by molar-refractivity contribution is 7.47. The molecule has 19 heteroatoms. The molecule has 0 saturated heterocycles. The smallest absolute Gasteiger partial charge is 0.462 e. The summed E-state index contributed by atoms with van der Waals surface area (Å²) in [5.41, 5.74) is 0. The number of aliphatic hydroxyl groups excluding tert-OH is 1. The van der Waals surface area contributed by atoms with Gasteiger partial charge < -0.3 is 33.8 Å². The highest BCUT2D eigenvalue weighted by Crippen LogP contribution is 2.45. The average Bonchev–Trinajstić information content (AvgIpc) is 3.38. The molecule has 0 saturated carbocycles. The number of hydrogen-bond acceptors (Lipinski definition) is 15. The quantitative estimate of drug-likeness (QED) is 0.0222. The summed E-state index contributed by atoms with van der Waals surface area (Å²) in [4.78, 5) is 71.6. The van der Waals surface area contributed by atoms with Crippen LogP contribution in [0, 0.1) is 5.92 Å². The summed E-state index contributed by atoms with van der Waals surface area (Å²) in [5.74, 6) is -1.44. The van der Waals surface area contributed by atoms with Gasteiger partial charge >= 0.3 is 39.5 Å². The molecule has 0 heterocycles. The molecular weight excluding hydrogens is 1020 g/mol. The molecule has 5 atom stereocenters. The second-order valence-electron chi connectivity index (χ2n) is 21.2. The molecule has 0 amide bonds. The first-order chi connectivity index (χ1) is 36.5. The molecule has 3 N–H and O–H groups in total. The first kappa shape index (κ1) is 74.1. The lowest BCUT2D eigenvalue weighted by atomic mass is 10.0. The van der Waals surface area contributed by atoms with Gasteiger partial charge in [0, 0.05) is 25.7 Å². The fourth-order valence-corrected chi connectivity index (χ4v) is 9.92. The number of phosphoric ester groups is 2. The van der Waals surface area contributed by atoms with Crippen molar-refractivity contribution in [2.75, 3.05) is 39.6 Å². The van der Waals surface area contributed by atoms with Gasteiger partial charge in [-0.2, -0.15) is 0 Å². The Morgan fingerprint density at radius 3 is 0.895 bits per heavy atom. The van der Waals surface area contributed by atoms with Crippen molar-refractivity contribution in [2.45, 2.75) is 297 Å². The minimum Gasteiger partial charge on any atom is -0.462 e. The van der Waals surface area contributed by atoms with Crippen LogP contribution in [0.1, 0.15) is 279 Å². The zero-order valence-corrected chi connectivity index (χ0v) is 50.2. The van der Waals surface area contributed by atoms with Gasteiger partial charge in [-0.3, -0.25) is 37.3 Å². The third-order valence-electron chi connectivity index (χ3n) is 13.0. The van der Waals surface area contributed by atoms with Crippen LogP contribution in [0.4, 0.5) is 0 Å². The molecule has 0 aliphatic rings. The molecule has 0 spiro atoms. The molecule has 76 heavy (non-hydrogen) atoms. The third-order valence-corrected chi connectivity index (χ3v) is 14.9. The highest BCUT2D eigenvalue weighted by Gasteiger charge is 2.30. The molecule has 0 aromatic rings. The normalized spacial score (nSPS) is 14.4. The van der Waals surface area contributed by atoms with Crippen molar-refractivity contribution in [2.24, 2.45) is 5.92 Å². The number of aliphatic hydroxyl groups is 1. The van der Waals surface area contributed by atoms with Gasteiger partial charge in [-0.15, -0.1) is 0 Å². The number of carbonyl (C=O) groups excluding carboxylic acids is 4. The fourth-order valence-electron chi connectivity index (χ4n) is 8.34. The minimum atomic E-state index is -4.93. The lowest BCUT2D eigenvalue weighted by molar-refractivity contribution is -0.161. The minimum absolute atomic E-state index is 0.104. The van der Waals surface area contributed by atoms with Crippen molar-refractivity contribution in [3.8, 4) is 0 Å². The fraction of sp³-hybridized carbons (Fsp3) is 0.930. The first-order valence-electron chi connectivity index (χ1n) is 30.1. The standard InChI is InChI=1S/C57H110O17P2/c1-6-9-12-15-17-19-21-26-31-36-41-55(60)68-47-53(74-57(62)43-38-33-28-24-23-25-30-34-39-50(4)5)49-72-76(65,66)70-45-51(58)44-69-75(63,64)71-48-52(46-67-54(59)40-35-29-14-11-8-3)73-56(61)42-37-32-27-22-20-18-16-13-10-7-2/h50-53,58H,6-49H2,1-5H3,(H,63,64)(H,65,66)/t51-,52+,53+/m0/s1. The summed E-state index contributed by atoms with van der Waals surface area (Å²) in [7, 11) is -9.86. The summed E-state index contributed by atoms with van der Waals surface area (Å²) in [5, 5.41) is 10.5. The third kappa shape index (κ3) is 51.5. The Morgan fingerprint density at radius 1 is 0.355 bits per heavy atom. The molecule has 17 nitrogen and oxygen atoms in total. The van der Waals surface area contributed by atoms with Crippen LogP contribution < -0.4 is 0 Å². The van der Waals surface area contributed by atoms with Crippen LogP contribution in [0.5, 0.6) is 0 Å². The topological polar surface area (TPSA) is 237 Å². The van der Waals surface area contributed by atoms with Crippen molar-refractivity contribution in [3.05, 3.63) is 0 Å². The van der Waals surface area contributed by atoms with Gasteiger partial charge in [0.15, 0.2) is 12.2 Å². The Balaban J connectivity index is 5.18. The predicted molar refractivity (Wildman–Crippen MR) is 298 cm³/mol. The van der Waals surface area contributed by atoms with Crippen molar-refractivity contribution < 1.29 is 80.2 Å². The first-order valence-corrected chi connectivity index (χ1v) is 33.1. The van der Waals surface area contributed by atoms with E-state index in [1.54, 1.807) is 0 Å². The van der Waals surface area contributed by atoms with Crippen molar-refractivity contribution >= 4 is 39.5 Å². The van der Waals surface area contributed by atoms with Crippen molar-refractivity contribution in [1.29, 1.82) is 0 Å². The second kappa shape index (κ2) is 51.2. The summed E-state index contributed by atoms with van der Waals surface area (Å²) >= 11 is 0. The molecule has 0 aromatic carbocycles. The Morgan fingerprint density at radius 2 is 0.605 bits per heavy atom. The summed E-state index contributed by atoms with van der Waals surface area (Å²) < 4.78 is 67.5. The molecule has 0 bridgehead atoms. The average molecular weight is 1130 g/mol. The van der Waals surface area contributed by atoms with Crippen LogP contribution in [0.15, 0.2) is 0 Å². The van der Waals surface area contributed by atoms with E-state index in [1.807, 2.05) is 0 Å². The number of hydrogen-bond donors (Lipinski definition) is 3. The molecule has 0 aliphatic heterocycles. The van der Waals surface area contributed by atoms with E-state index in [1.165, 1.54) is 96.3 Å². The molecule has 0 aliphatic carbocycles.